The molecule has 0 fully saturated rings. The van der Waals surface area contributed by atoms with Gasteiger partial charge < -0.3 is 14.6 Å². The summed E-state index contributed by atoms with van der Waals surface area (Å²) in [7, 11) is 0. The molecule has 0 saturated heterocycles. The van der Waals surface area contributed by atoms with E-state index in [2.05, 4.69) is 11.3 Å². The van der Waals surface area contributed by atoms with E-state index in [9.17, 15) is 9.90 Å². The lowest BCUT2D eigenvalue weighted by Gasteiger charge is -2.10. The first-order chi connectivity index (χ1) is 7.20. The Bertz CT molecular complexity index is 184. The maximum absolute atomic E-state index is 10.6. The summed E-state index contributed by atoms with van der Waals surface area (Å²) >= 11 is 1.75. The van der Waals surface area contributed by atoms with Gasteiger partial charge in [0.25, 0.3) is 0 Å². The van der Waals surface area contributed by atoms with Crippen molar-refractivity contribution >= 4 is 17.7 Å². The van der Waals surface area contributed by atoms with Gasteiger partial charge >= 0.3 is 5.97 Å². The number of ether oxygens (including phenoxy) is 2. The predicted octanol–water partition coefficient (Wildman–Crippen LogP) is 0.846. The van der Waals surface area contributed by atoms with Crippen LogP contribution in [0.25, 0.3) is 0 Å². The van der Waals surface area contributed by atoms with Gasteiger partial charge in [0.1, 0.15) is 12.7 Å². The Morgan fingerprint density at radius 3 is 2.93 bits per heavy atom. The summed E-state index contributed by atoms with van der Waals surface area (Å²) in [5.41, 5.74) is 0. The van der Waals surface area contributed by atoms with Crippen molar-refractivity contribution < 1.29 is 19.4 Å². The molecular weight excluding hydrogens is 216 g/mol. The number of carbonyl (C=O) groups is 1. The van der Waals surface area contributed by atoms with E-state index in [0.29, 0.717) is 6.61 Å². The molecule has 1 unspecified atom stereocenters. The monoisotopic (exact) mass is 234 g/mol. The van der Waals surface area contributed by atoms with E-state index in [1.165, 1.54) is 0 Å². The second kappa shape index (κ2) is 10.0. The van der Waals surface area contributed by atoms with E-state index in [1.807, 2.05) is 6.26 Å². The van der Waals surface area contributed by atoms with Gasteiger partial charge in [-0.15, -0.1) is 0 Å². The van der Waals surface area contributed by atoms with E-state index in [4.69, 9.17) is 4.74 Å². The lowest BCUT2D eigenvalue weighted by molar-refractivity contribution is -0.141. The van der Waals surface area contributed by atoms with Crippen LogP contribution in [0.1, 0.15) is 6.42 Å². The normalized spacial score (nSPS) is 12.1. The molecule has 0 saturated carbocycles. The highest BCUT2D eigenvalue weighted by Gasteiger charge is 2.06. The van der Waals surface area contributed by atoms with Crippen molar-refractivity contribution in [3.8, 4) is 0 Å². The molecular formula is C10H18O4S. The molecule has 0 radical (unpaired) electrons. The van der Waals surface area contributed by atoms with Crippen LogP contribution in [0.5, 0.6) is 0 Å². The molecule has 0 aromatic carbocycles. The van der Waals surface area contributed by atoms with Crippen LogP contribution in [0.15, 0.2) is 12.7 Å². The zero-order chi connectivity index (χ0) is 11.5. The van der Waals surface area contributed by atoms with Crippen LogP contribution in [-0.4, -0.2) is 49.0 Å². The van der Waals surface area contributed by atoms with Crippen molar-refractivity contribution in [1.29, 1.82) is 0 Å². The van der Waals surface area contributed by atoms with Crippen molar-refractivity contribution in [2.75, 3.05) is 31.8 Å². The van der Waals surface area contributed by atoms with Gasteiger partial charge in [-0.05, 0) is 18.4 Å². The highest BCUT2D eigenvalue weighted by molar-refractivity contribution is 7.98. The number of hydrogen-bond donors (Lipinski definition) is 1. The summed E-state index contributed by atoms with van der Waals surface area (Å²) < 4.78 is 9.82. The van der Waals surface area contributed by atoms with Gasteiger partial charge in [-0.3, -0.25) is 0 Å². The molecule has 5 heteroatoms. The number of hydrogen-bond acceptors (Lipinski definition) is 5. The van der Waals surface area contributed by atoms with Crippen LogP contribution in [-0.2, 0) is 14.3 Å². The van der Waals surface area contributed by atoms with E-state index in [1.54, 1.807) is 11.8 Å². The topological polar surface area (TPSA) is 55.8 Å². The van der Waals surface area contributed by atoms with E-state index < -0.39 is 12.1 Å². The minimum Gasteiger partial charge on any atom is -0.460 e. The molecule has 0 spiro atoms. The number of aliphatic hydroxyl groups excluding tert-OH is 1. The third kappa shape index (κ3) is 9.78. The Balaban J connectivity index is 3.29. The van der Waals surface area contributed by atoms with E-state index >= 15 is 0 Å². The van der Waals surface area contributed by atoms with Crippen molar-refractivity contribution in [1.82, 2.24) is 0 Å². The molecule has 0 heterocycles. The summed E-state index contributed by atoms with van der Waals surface area (Å²) in [6, 6.07) is 0. The van der Waals surface area contributed by atoms with Crippen LogP contribution < -0.4 is 0 Å². The van der Waals surface area contributed by atoms with Crippen molar-refractivity contribution in [3.63, 3.8) is 0 Å². The van der Waals surface area contributed by atoms with Crippen molar-refractivity contribution in [3.05, 3.63) is 12.7 Å². The van der Waals surface area contributed by atoms with Crippen LogP contribution in [0.3, 0.4) is 0 Å². The van der Waals surface area contributed by atoms with Crippen LogP contribution in [0.4, 0.5) is 0 Å². The van der Waals surface area contributed by atoms with Gasteiger partial charge in [0.05, 0.1) is 6.61 Å². The smallest absolute Gasteiger partial charge is 0.330 e. The van der Waals surface area contributed by atoms with Gasteiger partial charge in [-0.25, -0.2) is 4.79 Å². The lowest BCUT2D eigenvalue weighted by atomic mass is 10.4. The maximum Gasteiger partial charge on any atom is 0.330 e. The van der Waals surface area contributed by atoms with E-state index in [0.717, 1.165) is 18.2 Å². The summed E-state index contributed by atoms with van der Waals surface area (Å²) in [5.74, 6) is 0.512. The Labute approximate surface area is 94.6 Å². The Morgan fingerprint density at radius 1 is 1.60 bits per heavy atom. The Hall–Kier alpha value is -0.520. The molecule has 1 N–H and O–H groups in total. The number of esters is 1. The molecule has 1 atom stereocenters. The van der Waals surface area contributed by atoms with Gasteiger partial charge in [-0.2, -0.15) is 11.8 Å². The Morgan fingerprint density at radius 2 is 2.33 bits per heavy atom. The second-order valence-electron chi connectivity index (χ2n) is 2.91. The molecule has 0 aromatic heterocycles. The molecule has 0 aliphatic carbocycles. The highest BCUT2D eigenvalue weighted by atomic mass is 32.2. The molecule has 0 aliphatic rings. The number of carbonyl (C=O) groups excluding carboxylic acids is 1. The average molecular weight is 234 g/mol. The standard InChI is InChI=1S/C10H18O4S/c1-3-10(12)14-8-9(11)7-13-5-4-6-15-2/h3,9,11H,1,4-8H2,2H3. The van der Waals surface area contributed by atoms with Crippen LogP contribution >= 0.6 is 11.8 Å². The summed E-state index contributed by atoms with van der Waals surface area (Å²) in [4.78, 5) is 10.6. The predicted molar refractivity (Wildman–Crippen MR) is 61.0 cm³/mol. The van der Waals surface area contributed by atoms with Crippen LogP contribution in [0.2, 0.25) is 0 Å². The van der Waals surface area contributed by atoms with Crippen molar-refractivity contribution in [2.24, 2.45) is 0 Å². The largest absolute Gasteiger partial charge is 0.460 e. The quantitative estimate of drug-likeness (QED) is 0.364. The summed E-state index contributed by atoms with van der Waals surface area (Å²) in [6.45, 7) is 4.01. The third-order valence-electron chi connectivity index (χ3n) is 1.53. The molecule has 15 heavy (non-hydrogen) atoms. The van der Waals surface area contributed by atoms with Gasteiger partial charge in [-0.1, -0.05) is 6.58 Å². The van der Waals surface area contributed by atoms with Gasteiger partial charge in [0, 0.05) is 12.7 Å². The zero-order valence-electron chi connectivity index (χ0n) is 8.98. The minimum atomic E-state index is -0.761. The molecule has 0 amide bonds. The molecule has 4 nitrogen and oxygen atoms in total. The Kier molecular flexibility index (Phi) is 9.67. The fourth-order valence-corrected chi connectivity index (χ4v) is 1.22. The fourth-order valence-electron chi connectivity index (χ4n) is 0.810. The molecule has 0 aromatic rings. The van der Waals surface area contributed by atoms with Crippen molar-refractivity contribution in [2.45, 2.75) is 12.5 Å². The summed E-state index contributed by atoms with van der Waals surface area (Å²) in [6.07, 6.45) is 3.29. The fraction of sp³-hybridized carbons (Fsp3) is 0.700. The van der Waals surface area contributed by atoms with Gasteiger partial charge in [0.2, 0.25) is 0 Å². The summed E-state index contributed by atoms with van der Waals surface area (Å²) in [5, 5.41) is 9.31. The SMILES string of the molecule is C=CC(=O)OCC(O)COCCCSC. The minimum absolute atomic E-state index is 0.0482. The highest BCUT2D eigenvalue weighted by Crippen LogP contribution is 1.96. The first-order valence-electron chi connectivity index (χ1n) is 4.74. The molecule has 0 bridgehead atoms. The number of aliphatic hydroxyl groups is 1. The lowest BCUT2D eigenvalue weighted by Crippen LogP contribution is -2.23. The average Bonchev–Trinajstić information content (AvgIpc) is 2.25. The first-order valence-corrected chi connectivity index (χ1v) is 6.14. The van der Waals surface area contributed by atoms with Gasteiger partial charge in [0.15, 0.2) is 0 Å². The second-order valence-corrected chi connectivity index (χ2v) is 3.89. The van der Waals surface area contributed by atoms with E-state index in [-0.39, 0.29) is 13.2 Å². The molecule has 0 rings (SSSR count). The number of rotatable bonds is 9. The van der Waals surface area contributed by atoms with Crippen LogP contribution in [0, 0.1) is 0 Å². The maximum atomic E-state index is 10.6. The third-order valence-corrected chi connectivity index (χ3v) is 2.23. The zero-order valence-corrected chi connectivity index (χ0v) is 9.79. The molecule has 0 aliphatic heterocycles. The first kappa shape index (κ1) is 14.5. The molecule has 88 valence electrons. The number of thioether (sulfide) groups is 1.